The van der Waals surface area contributed by atoms with Crippen molar-refractivity contribution >= 4 is 29.1 Å². The number of aliphatic hydroxyl groups is 1. The van der Waals surface area contributed by atoms with Gasteiger partial charge in [-0.1, -0.05) is 41.9 Å². The van der Waals surface area contributed by atoms with Crippen LogP contribution in [-0.2, 0) is 19.9 Å². The number of rotatable bonds is 5. The maximum atomic E-state index is 13.2. The Labute approximate surface area is 173 Å². The van der Waals surface area contributed by atoms with Crippen LogP contribution in [0, 0.1) is 11.7 Å². The summed E-state index contributed by atoms with van der Waals surface area (Å²) in [6, 6.07) is 12.7. The monoisotopic (exact) mass is 420 g/mol. The average molecular weight is 421 g/mol. The first kappa shape index (κ1) is 21.2. The number of hydrogen-bond acceptors (Lipinski definition) is 4. The zero-order chi connectivity index (χ0) is 20.9. The lowest BCUT2D eigenvalue weighted by atomic mass is 9.77. The number of anilines is 1. The number of halogens is 2. The van der Waals surface area contributed by atoms with Crippen LogP contribution in [0.4, 0.5) is 10.1 Å². The van der Waals surface area contributed by atoms with Crippen LogP contribution in [0.3, 0.4) is 0 Å². The van der Waals surface area contributed by atoms with Crippen molar-refractivity contribution in [2.45, 2.75) is 18.4 Å². The van der Waals surface area contributed by atoms with Crippen molar-refractivity contribution in [1.29, 1.82) is 0 Å². The number of hydrogen-bond donors (Lipinski definition) is 3. The Kier molecular flexibility index (Phi) is 6.84. The first-order chi connectivity index (χ1) is 13.9. The fourth-order valence-corrected chi connectivity index (χ4v) is 3.62. The predicted octanol–water partition coefficient (Wildman–Crippen LogP) is 2.85. The van der Waals surface area contributed by atoms with E-state index >= 15 is 0 Å². The summed E-state index contributed by atoms with van der Waals surface area (Å²) in [7, 11) is 0. The molecule has 1 aliphatic rings. The van der Waals surface area contributed by atoms with Gasteiger partial charge in [-0.2, -0.15) is 0 Å². The molecule has 0 aliphatic carbocycles. The smallest absolute Gasteiger partial charge is 0.313 e. The second-order valence-electron chi connectivity index (χ2n) is 6.94. The molecule has 1 fully saturated rings. The van der Waals surface area contributed by atoms with Crippen LogP contribution < -0.4 is 10.6 Å². The first-order valence-electron chi connectivity index (χ1n) is 9.30. The molecule has 6 nitrogen and oxygen atoms in total. The van der Waals surface area contributed by atoms with Crippen LogP contribution in [0.15, 0.2) is 48.5 Å². The number of amides is 2. The summed E-state index contributed by atoms with van der Waals surface area (Å²) in [5.41, 5.74) is -0.475. The quantitative estimate of drug-likeness (QED) is 0.649. The highest BCUT2D eigenvalue weighted by Crippen LogP contribution is 2.35. The van der Waals surface area contributed by atoms with E-state index in [1.165, 1.54) is 12.1 Å². The van der Waals surface area contributed by atoms with Gasteiger partial charge < -0.3 is 20.5 Å². The van der Waals surface area contributed by atoms with Crippen LogP contribution in [0.1, 0.15) is 18.4 Å². The van der Waals surface area contributed by atoms with Gasteiger partial charge in [0.25, 0.3) is 0 Å². The Morgan fingerprint density at radius 1 is 1.14 bits per heavy atom. The summed E-state index contributed by atoms with van der Waals surface area (Å²) in [5.74, 6) is -2.60. The molecule has 2 aromatic rings. The summed E-state index contributed by atoms with van der Waals surface area (Å²) >= 11 is 5.68. The van der Waals surface area contributed by atoms with Crippen LogP contribution in [0.2, 0.25) is 5.02 Å². The Hall–Kier alpha value is -2.48. The average Bonchev–Trinajstić information content (AvgIpc) is 2.75. The van der Waals surface area contributed by atoms with E-state index in [-0.39, 0.29) is 23.2 Å². The summed E-state index contributed by atoms with van der Waals surface area (Å²) in [4.78, 5) is 24.5. The molecule has 2 aromatic carbocycles. The van der Waals surface area contributed by atoms with E-state index in [1.54, 1.807) is 12.1 Å². The highest BCUT2D eigenvalue weighted by atomic mass is 35.5. The molecule has 0 bridgehead atoms. The Bertz CT molecular complexity index is 874. The number of carbonyl (C=O) groups is 2. The lowest BCUT2D eigenvalue weighted by Crippen LogP contribution is -2.49. The van der Waals surface area contributed by atoms with Gasteiger partial charge in [0.05, 0.1) is 11.6 Å². The van der Waals surface area contributed by atoms with Gasteiger partial charge in [0.1, 0.15) is 11.4 Å². The zero-order valence-electron chi connectivity index (χ0n) is 15.7. The lowest BCUT2D eigenvalue weighted by molar-refractivity contribution is -0.137. The second kappa shape index (κ2) is 9.35. The largest absolute Gasteiger partial charge is 0.383 e. The van der Waals surface area contributed by atoms with Gasteiger partial charge in [-0.25, -0.2) is 4.39 Å². The van der Waals surface area contributed by atoms with Gasteiger partial charge in [0.15, 0.2) is 0 Å². The molecule has 3 N–H and O–H groups in total. The standard InChI is InChI=1S/C21H22ClFN2O4/c22-17-12-16(6-7-18(17)23)25-20(27)19(26)24-13-21(28,14-4-2-1-3-5-14)15-8-10-29-11-9-15/h1-7,12,15,28H,8-11,13H2,(H,24,26)(H,25,27). The molecule has 1 heterocycles. The van der Waals surface area contributed by atoms with Crippen molar-refractivity contribution in [3.63, 3.8) is 0 Å². The van der Waals surface area contributed by atoms with E-state index in [0.29, 0.717) is 31.6 Å². The van der Waals surface area contributed by atoms with Gasteiger partial charge in [0, 0.05) is 18.9 Å². The normalized spacial score (nSPS) is 16.7. The van der Waals surface area contributed by atoms with Crippen molar-refractivity contribution in [3.8, 4) is 0 Å². The molecule has 154 valence electrons. The van der Waals surface area contributed by atoms with Gasteiger partial charge in [-0.05, 0) is 42.5 Å². The SMILES string of the molecule is O=C(NCC(O)(c1ccccc1)C1CCOCC1)C(=O)Nc1ccc(F)c(Cl)c1. The Balaban J connectivity index is 1.68. The van der Waals surface area contributed by atoms with Crippen LogP contribution in [0.25, 0.3) is 0 Å². The predicted molar refractivity (Wildman–Crippen MR) is 107 cm³/mol. The van der Waals surface area contributed by atoms with Gasteiger partial charge in [0.2, 0.25) is 0 Å². The maximum absolute atomic E-state index is 13.2. The third-order valence-corrected chi connectivity index (χ3v) is 5.36. The molecule has 0 saturated carbocycles. The molecule has 1 aliphatic heterocycles. The van der Waals surface area contributed by atoms with Crippen LogP contribution in [0.5, 0.6) is 0 Å². The van der Waals surface area contributed by atoms with Crippen LogP contribution >= 0.6 is 11.6 Å². The lowest BCUT2D eigenvalue weighted by Gasteiger charge is -2.39. The van der Waals surface area contributed by atoms with Crippen molar-refractivity contribution in [3.05, 3.63) is 64.9 Å². The van der Waals surface area contributed by atoms with Crippen molar-refractivity contribution < 1.29 is 23.8 Å². The van der Waals surface area contributed by atoms with Gasteiger partial charge in [-0.3, -0.25) is 9.59 Å². The van der Waals surface area contributed by atoms with Gasteiger partial charge in [-0.15, -0.1) is 0 Å². The highest BCUT2D eigenvalue weighted by Gasteiger charge is 2.39. The minimum atomic E-state index is -1.33. The molecule has 2 amide bonds. The van der Waals surface area contributed by atoms with Crippen molar-refractivity contribution in [2.24, 2.45) is 5.92 Å². The highest BCUT2D eigenvalue weighted by molar-refractivity contribution is 6.39. The fourth-order valence-electron chi connectivity index (χ4n) is 3.44. The van der Waals surface area contributed by atoms with Crippen molar-refractivity contribution in [1.82, 2.24) is 5.32 Å². The zero-order valence-corrected chi connectivity index (χ0v) is 16.4. The topological polar surface area (TPSA) is 87.7 Å². The summed E-state index contributed by atoms with van der Waals surface area (Å²) in [6.07, 6.45) is 1.28. The third-order valence-electron chi connectivity index (χ3n) is 5.07. The summed E-state index contributed by atoms with van der Waals surface area (Å²) < 4.78 is 18.6. The minimum absolute atomic E-state index is 0.127. The van der Waals surface area contributed by atoms with E-state index < -0.39 is 23.2 Å². The molecule has 0 spiro atoms. The van der Waals surface area contributed by atoms with E-state index in [0.717, 1.165) is 6.07 Å². The van der Waals surface area contributed by atoms with Crippen molar-refractivity contribution in [2.75, 3.05) is 25.1 Å². The number of carbonyl (C=O) groups excluding carboxylic acids is 2. The first-order valence-corrected chi connectivity index (χ1v) is 9.68. The molecular formula is C21H22ClFN2O4. The Morgan fingerprint density at radius 3 is 2.48 bits per heavy atom. The van der Waals surface area contributed by atoms with E-state index in [9.17, 15) is 19.1 Å². The molecule has 1 unspecified atom stereocenters. The second-order valence-corrected chi connectivity index (χ2v) is 7.35. The van der Waals surface area contributed by atoms with E-state index in [1.807, 2.05) is 18.2 Å². The fraction of sp³-hybridized carbons (Fsp3) is 0.333. The van der Waals surface area contributed by atoms with E-state index in [2.05, 4.69) is 10.6 Å². The molecule has 8 heteroatoms. The maximum Gasteiger partial charge on any atom is 0.313 e. The van der Waals surface area contributed by atoms with Crippen LogP contribution in [-0.4, -0.2) is 36.7 Å². The molecular weight excluding hydrogens is 399 g/mol. The Morgan fingerprint density at radius 2 is 1.83 bits per heavy atom. The van der Waals surface area contributed by atoms with Gasteiger partial charge >= 0.3 is 11.8 Å². The molecule has 0 radical (unpaired) electrons. The number of benzene rings is 2. The molecule has 3 rings (SSSR count). The molecule has 1 saturated heterocycles. The summed E-state index contributed by atoms with van der Waals surface area (Å²) in [6.45, 7) is 0.928. The van der Waals surface area contributed by atoms with E-state index in [4.69, 9.17) is 16.3 Å². The summed E-state index contributed by atoms with van der Waals surface area (Å²) in [5, 5.41) is 16.1. The molecule has 0 aromatic heterocycles. The number of nitrogens with one attached hydrogen (secondary N) is 2. The molecule has 29 heavy (non-hydrogen) atoms. The number of ether oxygens (including phenoxy) is 1. The third kappa shape index (κ3) is 5.12. The minimum Gasteiger partial charge on any atom is -0.383 e. The molecule has 1 atom stereocenters.